The van der Waals surface area contributed by atoms with Gasteiger partial charge in [0.15, 0.2) is 5.69 Å². The van der Waals surface area contributed by atoms with E-state index in [9.17, 15) is 14.4 Å². The minimum atomic E-state index is -0.386. The highest BCUT2D eigenvalue weighted by molar-refractivity contribution is 5.96. The van der Waals surface area contributed by atoms with Crippen molar-refractivity contribution >= 4 is 28.8 Å². The van der Waals surface area contributed by atoms with Gasteiger partial charge in [0.05, 0.1) is 5.52 Å². The van der Waals surface area contributed by atoms with E-state index in [0.29, 0.717) is 37.1 Å². The quantitative estimate of drug-likeness (QED) is 0.519. The summed E-state index contributed by atoms with van der Waals surface area (Å²) in [5, 5.41) is 7.26. The van der Waals surface area contributed by atoms with E-state index in [1.165, 1.54) is 0 Å². The molecule has 2 amide bonds. The first-order valence-corrected chi connectivity index (χ1v) is 10.0. The molecule has 156 valence electrons. The number of para-hydroxylation sites is 1. The number of benzene rings is 1. The van der Waals surface area contributed by atoms with Crippen molar-refractivity contribution in [2.45, 2.75) is 0 Å². The van der Waals surface area contributed by atoms with Gasteiger partial charge in [-0.25, -0.2) is 0 Å². The molecule has 0 spiro atoms. The van der Waals surface area contributed by atoms with E-state index in [4.69, 9.17) is 0 Å². The Kier molecular flexibility index (Phi) is 4.54. The number of nitrogens with one attached hydrogen (secondary N) is 1. The highest BCUT2D eigenvalue weighted by atomic mass is 16.2. The summed E-state index contributed by atoms with van der Waals surface area (Å²) in [6, 6.07) is 8.94. The maximum Gasteiger partial charge on any atom is 0.278 e. The molecule has 1 aromatic carbocycles. The summed E-state index contributed by atoms with van der Waals surface area (Å²) in [5.74, 6) is -0.438. The van der Waals surface area contributed by atoms with Crippen LogP contribution in [0.1, 0.15) is 16.1 Å². The maximum absolute atomic E-state index is 12.9. The standard InChI is InChI=1S/C23H21N5O3/c1-26-9-8-15(10-26)6-7-20(29)27-11-16-13-28(14-17(16)12-27)23(31)21-22(30)18-4-2-3-5-19(18)24-25-21/h2-10H,11-14H2,1H3,(H,24,30)/b7-6+. The van der Waals surface area contributed by atoms with Gasteiger partial charge in [0.2, 0.25) is 11.3 Å². The number of aromatic amines is 1. The van der Waals surface area contributed by atoms with Gasteiger partial charge in [-0.05, 0) is 41.0 Å². The van der Waals surface area contributed by atoms with E-state index in [2.05, 4.69) is 10.2 Å². The Morgan fingerprint density at radius 3 is 2.45 bits per heavy atom. The zero-order chi connectivity index (χ0) is 21.5. The first-order valence-electron chi connectivity index (χ1n) is 10.0. The third-order valence-corrected chi connectivity index (χ3v) is 5.78. The van der Waals surface area contributed by atoms with Gasteiger partial charge in [-0.3, -0.25) is 19.5 Å². The van der Waals surface area contributed by atoms with E-state index < -0.39 is 0 Å². The fourth-order valence-corrected chi connectivity index (χ4v) is 4.14. The van der Waals surface area contributed by atoms with Crippen LogP contribution in [0.4, 0.5) is 0 Å². The van der Waals surface area contributed by atoms with Crippen LogP contribution >= 0.6 is 0 Å². The van der Waals surface area contributed by atoms with Crippen LogP contribution in [0.15, 0.2) is 64.7 Å². The van der Waals surface area contributed by atoms with Crippen molar-refractivity contribution in [3.8, 4) is 0 Å². The van der Waals surface area contributed by atoms with Crippen LogP contribution in [0.5, 0.6) is 0 Å². The molecule has 4 heterocycles. The molecule has 2 aliphatic rings. The molecule has 0 unspecified atom stereocenters. The Morgan fingerprint density at radius 1 is 1.03 bits per heavy atom. The van der Waals surface area contributed by atoms with E-state index in [0.717, 1.165) is 16.7 Å². The molecule has 0 aliphatic carbocycles. The highest BCUT2D eigenvalue weighted by Gasteiger charge is 2.35. The normalized spacial score (nSPS) is 16.0. The van der Waals surface area contributed by atoms with Crippen LogP contribution < -0.4 is 5.43 Å². The van der Waals surface area contributed by atoms with Gasteiger partial charge in [-0.1, -0.05) is 12.1 Å². The molecule has 1 N–H and O–H groups in total. The molecule has 8 nitrogen and oxygen atoms in total. The van der Waals surface area contributed by atoms with Crippen molar-refractivity contribution in [2.75, 3.05) is 26.2 Å². The van der Waals surface area contributed by atoms with Crippen LogP contribution in [0.3, 0.4) is 0 Å². The summed E-state index contributed by atoms with van der Waals surface area (Å²) in [4.78, 5) is 41.6. The molecular weight excluding hydrogens is 394 g/mol. The van der Waals surface area contributed by atoms with Crippen LogP contribution in [-0.2, 0) is 11.8 Å². The molecule has 0 radical (unpaired) electrons. The predicted molar refractivity (Wildman–Crippen MR) is 116 cm³/mol. The largest absolute Gasteiger partial charge is 0.357 e. The molecule has 2 aromatic heterocycles. The number of carbonyl (C=O) groups is 2. The number of aromatic nitrogens is 3. The second kappa shape index (κ2) is 7.39. The van der Waals surface area contributed by atoms with Crippen LogP contribution in [0, 0.1) is 0 Å². The minimum absolute atomic E-state index is 0.0521. The molecule has 3 aromatic rings. The van der Waals surface area contributed by atoms with Crippen molar-refractivity contribution in [2.24, 2.45) is 7.05 Å². The topological polar surface area (TPSA) is 91.3 Å². The first-order chi connectivity index (χ1) is 15.0. The zero-order valence-corrected chi connectivity index (χ0v) is 17.0. The molecule has 31 heavy (non-hydrogen) atoms. The molecule has 0 atom stereocenters. The first kappa shape index (κ1) is 19.0. The molecular formula is C23H21N5O3. The fourth-order valence-electron chi connectivity index (χ4n) is 4.14. The number of carbonyl (C=O) groups excluding carboxylic acids is 2. The third kappa shape index (κ3) is 3.46. The predicted octanol–water partition coefficient (Wildman–Crippen LogP) is 1.57. The average Bonchev–Trinajstić information content (AvgIpc) is 3.47. The fraction of sp³-hybridized carbons (Fsp3) is 0.217. The second-order valence-corrected chi connectivity index (χ2v) is 7.95. The molecule has 0 bridgehead atoms. The molecule has 5 rings (SSSR count). The van der Waals surface area contributed by atoms with E-state index in [1.54, 1.807) is 46.2 Å². The van der Waals surface area contributed by atoms with Crippen molar-refractivity contribution < 1.29 is 9.59 Å². The lowest BCUT2D eigenvalue weighted by molar-refractivity contribution is -0.124. The lowest BCUT2D eigenvalue weighted by Gasteiger charge is -2.22. The summed E-state index contributed by atoms with van der Waals surface area (Å²) < 4.78 is 1.93. The number of hydrogen-bond acceptors (Lipinski definition) is 4. The molecule has 0 saturated heterocycles. The summed E-state index contributed by atoms with van der Waals surface area (Å²) in [5.41, 5.74) is 3.23. The Bertz CT molecular complexity index is 1310. The van der Waals surface area contributed by atoms with Crippen molar-refractivity contribution in [3.63, 3.8) is 0 Å². The Morgan fingerprint density at radius 2 is 1.74 bits per heavy atom. The number of H-pyrrole nitrogens is 1. The number of aryl methyl sites for hydroxylation is 1. The van der Waals surface area contributed by atoms with Crippen LogP contribution in [0.25, 0.3) is 17.0 Å². The number of rotatable bonds is 3. The van der Waals surface area contributed by atoms with E-state index in [-0.39, 0.29) is 22.9 Å². The van der Waals surface area contributed by atoms with Gasteiger partial charge in [0.1, 0.15) is 0 Å². The Balaban J connectivity index is 1.25. The Hall–Kier alpha value is -3.94. The second-order valence-electron chi connectivity index (χ2n) is 7.95. The lowest BCUT2D eigenvalue weighted by Crippen LogP contribution is -2.38. The van der Waals surface area contributed by atoms with E-state index in [1.807, 2.05) is 30.1 Å². The summed E-state index contributed by atoms with van der Waals surface area (Å²) in [6.45, 7) is 1.82. The van der Waals surface area contributed by atoms with Gasteiger partial charge < -0.3 is 14.4 Å². The molecule has 2 aliphatic heterocycles. The monoisotopic (exact) mass is 415 g/mol. The van der Waals surface area contributed by atoms with Gasteiger partial charge >= 0.3 is 0 Å². The van der Waals surface area contributed by atoms with Crippen molar-refractivity contribution in [1.29, 1.82) is 0 Å². The van der Waals surface area contributed by atoms with Crippen molar-refractivity contribution in [1.82, 2.24) is 24.6 Å². The van der Waals surface area contributed by atoms with E-state index >= 15 is 0 Å². The smallest absolute Gasteiger partial charge is 0.278 e. The summed E-state index contributed by atoms with van der Waals surface area (Å²) in [6.07, 6.45) is 7.26. The maximum atomic E-state index is 12.9. The zero-order valence-electron chi connectivity index (χ0n) is 17.0. The van der Waals surface area contributed by atoms with Gasteiger partial charge in [-0.15, -0.1) is 0 Å². The number of hydrogen-bond donors (Lipinski definition) is 1. The number of fused-ring (bicyclic) bond motifs is 1. The van der Waals surface area contributed by atoms with Gasteiger partial charge in [0.25, 0.3) is 5.91 Å². The highest BCUT2D eigenvalue weighted by Crippen LogP contribution is 2.26. The Labute approximate surface area is 178 Å². The minimum Gasteiger partial charge on any atom is -0.357 e. The van der Waals surface area contributed by atoms with Crippen molar-refractivity contribution in [3.05, 3.63) is 81.4 Å². The van der Waals surface area contributed by atoms with Crippen LogP contribution in [-0.4, -0.2) is 62.6 Å². The number of amides is 2. The molecule has 0 saturated carbocycles. The summed E-state index contributed by atoms with van der Waals surface area (Å²) in [7, 11) is 1.93. The average molecular weight is 415 g/mol. The SMILES string of the molecule is Cn1ccc(/C=C/C(=O)N2CC3=C(C2)CN(C(=O)c2n[nH]c4ccccc4c2=O)C3)c1. The molecule has 0 fully saturated rings. The summed E-state index contributed by atoms with van der Waals surface area (Å²) >= 11 is 0. The number of nitrogens with zero attached hydrogens (tertiary/aromatic N) is 4. The lowest BCUT2D eigenvalue weighted by atomic mass is 10.2. The van der Waals surface area contributed by atoms with Gasteiger partial charge in [0, 0.05) is 57.1 Å². The van der Waals surface area contributed by atoms with Crippen LogP contribution in [0.2, 0.25) is 0 Å². The third-order valence-electron chi connectivity index (χ3n) is 5.78. The van der Waals surface area contributed by atoms with Gasteiger partial charge in [-0.2, -0.15) is 5.10 Å². The molecule has 8 heteroatoms.